The third-order valence-electron chi connectivity index (χ3n) is 3.32. The van der Waals surface area contributed by atoms with Crippen LogP contribution in [0.5, 0.6) is 17.2 Å². The lowest BCUT2D eigenvalue weighted by atomic mass is 10.1. The van der Waals surface area contributed by atoms with E-state index >= 15 is 0 Å². The fraction of sp³-hybridized carbons (Fsp3) is 0.125. The normalized spacial score (nSPS) is 10.8. The topological polar surface area (TPSA) is 112 Å². The van der Waals surface area contributed by atoms with Crippen molar-refractivity contribution in [1.82, 2.24) is 0 Å². The predicted molar refractivity (Wildman–Crippen MR) is 82.9 cm³/mol. The fourth-order valence-corrected chi connectivity index (χ4v) is 2.33. The third kappa shape index (κ3) is 2.52. The summed E-state index contributed by atoms with van der Waals surface area (Å²) in [6, 6.07) is 7.54. The number of ether oxygens (including phenoxy) is 2. The van der Waals surface area contributed by atoms with Gasteiger partial charge in [-0.25, -0.2) is 0 Å². The third-order valence-corrected chi connectivity index (χ3v) is 3.32. The Labute approximate surface area is 129 Å². The van der Waals surface area contributed by atoms with Gasteiger partial charge in [-0.15, -0.1) is 0 Å². The molecule has 1 heterocycles. The molecule has 3 rings (SSSR count). The molecule has 0 radical (unpaired) electrons. The first-order valence-corrected chi connectivity index (χ1v) is 6.69. The maximum Gasteiger partial charge on any atom is 0.255 e. The number of phenols is 1. The molecular weight excluding hydrogens is 302 g/mol. The number of aromatic hydroxyl groups is 1. The zero-order valence-corrected chi connectivity index (χ0v) is 12.2. The second-order valence-electron chi connectivity index (χ2n) is 4.84. The number of phenolic OH excluding ortho intramolecular Hbond substituents is 1. The van der Waals surface area contributed by atoms with Crippen LogP contribution in [0.15, 0.2) is 39.5 Å². The summed E-state index contributed by atoms with van der Waals surface area (Å²) < 4.78 is 16.0. The Kier molecular flexibility index (Phi) is 3.53. The largest absolute Gasteiger partial charge is 0.507 e. The highest BCUT2D eigenvalue weighted by molar-refractivity contribution is 5.95. The molecule has 0 saturated heterocycles. The molecule has 7 nitrogen and oxygen atoms in total. The highest BCUT2D eigenvalue weighted by Gasteiger charge is 2.16. The molecule has 0 aliphatic heterocycles. The second kappa shape index (κ2) is 5.53. The van der Waals surface area contributed by atoms with Gasteiger partial charge in [0.15, 0.2) is 17.9 Å². The van der Waals surface area contributed by atoms with Crippen LogP contribution in [0.2, 0.25) is 0 Å². The average molecular weight is 315 g/mol. The number of carbonyl (C=O) groups excluding carboxylic acids is 1. The molecule has 0 bridgehead atoms. The summed E-state index contributed by atoms with van der Waals surface area (Å²) in [4.78, 5) is 23.3. The van der Waals surface area contributed by atoms with Crippen molar-refractivity contribution >= 4 is 27.8 Å². The van der Waals surface area contributed by atoms with Crippen LogP contribution in [0.1, 0.15) is 0 Å². The van der Waals surface area contributed by atoms with E-state index in [4.69, 9.17) is 19.6 Å². The SMILES string of the molecule is COc1cccc2c(=O)c3c(O)cc(OCC(N)=O)cc3oc12. The number of hydrogen-bond acceptors (Lipinski definition) is 6. The summed E-state index contributed by atoms with van der Waals surface area (Å²) in [6.45, 7) is -0.355. The first-order valence-electron chi connectivity index (χ1n) is 6.69. The van der Waals surface area contributed by atoms with Crippen LogP contribution in [0.4, 0.5) is 0 Å². The summed E-state index contributed by atoms with van der Waals surface area (Å²) in [7, 11) is 1.46. The van der Waals surface area contributed by atoms with Gasteiger partial charge in [0.2, 0.25) is 5.43 Å². The van der Waals surface area contributed by atoms with E-state index in [2.05, 4.69) is 0 Å². The Bertz CT molecular complexity index is 976. The van der Waals surface area contributed by atoms with Crippen molar-refractivity contribution in [2.24, 2.45) is 5.73 Å². The quantitative estimate of drug-likeness (QED) is 0.706. The van der Waals surface area contributed by atoms with Crippen molar-refractivity contribution in [1.29, 1.82) is 0 Å². The lowest BCUT2D eigenvalue weighted by molar-refractivity contribution is -0.119. The van der Waals surface area contributed by atoms with Crippen molar-refractivity contribution < 1.29 is 23.8 Å². The number of benzene rings is 2. The smallest absolute Gasteiger partial charge is 0.255 e. The number of methoxy groups -OCH3 is 1. The number of primary amides is 1. The average Bonchev–Trinajstić information content (AvgIpc) is 2.52. The van der Waals surface area contributed by atoms with Crippen molar-refractivity contribution in [3.05, 3.63) is 40.6 Å². The first kappa shape index (κ1) is 14.7. The number of para-hydroxylation sites is 1. The first-order chi connectivity index (χ1) is 11.0. The lowest BCUT2D eigenvalue weighted by Gasteiger charge is -2.09. The second-order valence-corrected chi connectivity index (χ2v) is 4.84. The Morgan fingerprint density at radius 3 is 2.83 bits per heavy atom. The summed E-state index contributed by atoms with van der Waals surface area (Å²) in [5.74, 6) is -0.415. The molecule has 1 aromatic heterocycles. The van der Waals surface area contributed by atoms with Crippen LogP contribution in [0.3, 0.4) is 0 Å². The van der Waals surface area contributed by atoms with Gasteiger partial charge in [-0.2, -0.15) is 0 Å². The molecule has 0 atom stereocenters. The van der Waals surface area contributed by atoms with E-state index in [-0.39, 0.29) is 45.5 Å². The Morgan fingerprint density at radius 2 is 2.13 bits per heavy atom. The van der Waals surface area contributed by atoms with Gasteiger partial charge in [-0.05, 0) is 12.1 Å². The zero-order valence-electron chi connectivity index (χ0n) is 12.2. The minimum Gasteiger partial charge on any atom is -0.507 e. The molecule has 0 unspecified atom stereocenters. The lowest BCUT2D eigenvalue weighted by Crippen LogP contribution is -2.20. The van der Waals surface area contributed by atoms with E-state index in [1.807, 2.05) is 0 Å². The van der Waals surface area contributed by atoms with Crippen molar-refractivity contribution in [3.63, 3.8) is 0 Å². The fourth-order valence-electron chi connectivity index (χ4n) is 2.33. The Morgan fingerprint density at radius 1 is 1.35 bits per heavy atom. The molecule has 118 valence electrons. The van der Waals surface area contributed by atoms with Crippen LogP contribution >= 0.6 is 0 Å². The van der Waals surface area contributed by atoms with Crippen molar-refractivity contribution in [2.45, 2.75) is 0 Å². The number of carbonyl (C=O) groups is 1. The van der Waals surface area contributed by atoms with Gasteiger partial charge in [0.05, 0.1) is 12.5 Å². The summed E-state index contributed by atoms with van der Waals surface area (Å²) in [5.41, 5.74) is 5.00. The van der Waals surface area contributed by atoms with Crippen molar-refractivity contribution in [3.8, 4) is 17.2 Å². The van der Waals surface area contributed by atoms with Crippen molar-refractivity contribution in [2.75, 3.05) is 13.7 Å². The van der Waals surface area contributed by atoms with E-state index in [0.29, 0.717) is 5.75 Å². The van der Waals surface area contributed by atoms with Gasteiger partial charge in [0, 0.05) is 12.1 Å². The number of fused-ring (bicyclic) bond motifs is 2. The molecular formula is C16H13NO6. The Hall–Kier alpha value is -3.22. The molecule has 3 aromatic rings. The molecule has 0 spiro atoms. The predicted octanol–water partition coefficient (Wildman–Crippen LogP) is 1.52. The van der Waals surface area contributed by atoms with Gasteiger partial charge in [-0.1, -0.05) is 6.07 Å². The molecule has 0 fully saturated rings. The molecule has 7 heteroatoms. The number of hydrogen-bond donors (Lipinski definition) is 2. The van der Waals surface area contributed by atoms with Crippen LogP contribution < -0.4 is 20.6 Å². The van der Waals surface area contributed by atoms with Crippen LogP contribution in [-0.2, 0) is 4.79 Å². The highest BCUT2D eigenvalue weighted by atomic mass is 16.5. The molecule has 2 aromatic carbocycles. The zero-order chi connectivity index (χ0) is 16.6. The minimum atomic E-state index is -0.661. The monoisotopic (exact) mass is 315 g/mol. The molecule has 23 heavy (non-hydrogen) atoms. The van der Waals surface area contributed by atoms with Crippen LogP contribution in [-0.4, -0.2) is 24.7 Å². The van der Waals surface area contributed by atoms with E-state index < -0.39 is 5.91 Å². The van der Waals surface area contributed by atoms with Gasteiger partial charge in [0.1, 0.15) is 22.5 Å². The van der Waals surface area contributed by atoms with Gasteiger partial charge in [-0.3, -0.25) is 9.59 Å². The molecule has 0 aliphatic rings. The minimum absolute atomic E-state index is 0.0252. The molecule has 3 N–H and O–H groups in total. The van der Waals surface area contributed by atoms with E-state index in [1.54, 1.807) is 18.2 Å². The summed E-state index contributed by atoms with van der Waals surface area (Å²) in [5, 5.41) is 10.4. The molecule has 0 saturated carbocycles. The molecule has 1 amide bonds. The summed E-state index contributed by atoms with van der Waals surface area (Å²) in [6.07, 6.45) is 0. The number of rotatable bonds is 4. The van der Waals surface area contributed by atoms with Gasteiger partial charge < -0.3 is 24.7 Å². The Balaban J connectivity index is 2.29. The van der Waals surface area contributed by atoms with E-state index in [1.165, 1.54) is 19.2 Å². The van der Waals surface area contributed by atoms with E-state index in [0.717, 1.165) is 0 Å². The van der Waals surface area contributed by atoms with Crippen LogP contribution in [0.25, 0.3) is 21.9 Å². The number of amides is 1. The van der Waals surface area contributed by atoms with Crippen LogP contribution in [0, 0.1) is 0 Å². The van der Waals surface area contributed by atoms with Gasteiger partial charge >= 0.3 is 0 Å². The maximum absolute atomic E-state index is 12.6. The molecule has 0 aliphatic carbocycles. The standard InChI is InChI=1S/C16H13NO6/c1-21-11-4-2-3-9-15(20)14-10(18)5-8(22-7-13(17)19)6-12(14)23-16(9)11/h2-6,18H,7H2,1H3,(H2,17,19). The van der Waals surface area contributed by atoms with Gasteiger partial charge in [0.25, 0.3) is 5.91 Å². The highest BCUT2D eigenvalue weighted by Crippen LogP contribution is 2.33. The summed E-state index contributed by atoms with van der Waals surface area (Å²) >= 11 is 0. The maximum atomic E-state index is 12.6. The number of nitrogens with two attached hydrogens (primary N) is 1. The van der Waals surface area contributed by atoms with E-state index in [9.17, 15) is 14.7 Å².